The molecule has 4 heterocycles. The van der Waals surface area contributed by atoms with Crippen LogP contribution in [0.15, 0.2) is 46.9 Å². The summed E-state index contributed by atoms with van der Waals surface area (Å²) in [7, 11) is 0. The van der Waals surface area contributed by atoms with Crippen LogP contribution in [0.3, 0.4) is 0 Å². The summed E-state index contributed by atoms with van der Waals surface area (Å²) in [4.78, 5) is 14.9. The fraction of sp³-hybridized carbons (Fsp3) is 0.348. The fourth-order valence-electron chi connectivity index (χ4n) is 4.50. The summed E-state index contributed by atoms with van der Waals surface area (Å²) in [5.74, 6) is 3.30. The molecule has 0 radical (unpaired) electrons. The number of likely N-dealkylation sites (tertiary alicyclic amines) is 1. The van der Waals surface area contributed by atoms with Gasteiger partial charge in [-0.15, -0.1) is 10.2 Å². The number of carbonyl (C=O) groups is 1. The van der Waals surface area contributed by atoms with Gasteiger partial charge in [-0.3, -0.25) is 9.69 Å². The highest BCUT2D eigenvalue weighted by atomic mass is 16.7. The van der Waals surface area contributed by atoms with Crippen molar-refractivity contribution in [3.05, 3.63) is 53.9 Å². The zero-order chi connectivity index (χ0) is 20.8. The number of piperidine rings is 1. The van der Waals surface area contributed by atoms with Gasteiger partial charge in [0, 0.05) is 31.5 Å². The average molecular weight is 419 g/mol. The van der Waals surface area contributed by atoms with Crippen LogP contribution in [0.5, 0.6) is 17.2 Å². The van der Waals surface area contributed by atoms with Gasteiger partial charge >= 0.3 is 0 Å². The number of nitrogens with zero attached hydrogens (tertiary/aromatic N) is 3. The molecule has 2 aromatic carbocycles. The second-order valence-corrected chi connectivity index (χ2v) is 8.23. The number of Topliss-reactive ketones (excluding diaryl/α,β-unsaturated/α-hetero) is 1. The van der Waals surface area contributed by atoms with Crippen LogP contribution in [0.2, 0.25) is 0 Å². The number of para-hydroxylation sites is 1. The predicted molar refractivity (Wildman–Crippen MR) is 109 cm³/mol. The van der Waals surface area contributed by atoms with Crippen LogP contribution < -0.4 is 14.2 Å². The summed E-state index contributed by atoms with van der Waals surface area (Å²) < 4.78 is 23.0. The first-order valence-corrected chi connectivity index (χ1v) is 10.4. The van der Waals surface area contributed by atoms with E-state index in [1.807, 2.05) is 42.5 Å². The fourth-order valence-corrected chi connectivity index (χ4v) is 4.50. The number of ketones is 1. The second kappa shape index (κ2) is 7.09. The molecule has 158 valence electrons. The molecule has 8 heteroatoms. The van der Waals surface area contributed by atoms with Crippen LogP contribution >= 0.6 is 0 Å². The molecule has 1 saturated heterocycles. The second-order valence-electron chi connectivity index (χ2n) is 8.23. The Morgan fingerprint density at radius 3 is 2.71 bits per heavy atom. The molecule has 31 heavy (non-hydrogen) atoms. The Morgan fingerprint density at radius 2 is 1.81 bits per heavy atom. The molecule has 0 bridgehead atoms. The predicted octanol–water partition coefficient (Wildman–Crippen LogP) is 3.47. The average Bonchev–Trinajstić information content (AvgIpc) is 3.44. The normalized spacial score (nSPS) is 19.3. The number of fused-ring (bicyclic) bond motifs is 2. The minimum absolute atomic E-state index is 0.167. The molecule has 0 unspecified atom stereocenters. The summed E-state index contributed by atoms with van der Waals surface area (Å²) in [5.41, 5.74) is 1.08. The molecule has 1 aromatic heterocycles. The molecule has 1 spiro atoms. The van der Waals surface area contributed by atoms with Crippen molar-refractivity contribution in [3.63, 3.8) is 0 Å². The van der Waals surface area contributed by atoms with Gasteiger partial charge in [0.25, 0.3) is 0 Å². The van der Waals surface area contributed by atoms with Crippen LogP contribution in [0, 0.1) is 0 Å². The van der Waals surface area contributed by atoms with Crippen LogP contribution in [0.4, 0.5) is 0 Å². The van der Waals surface area contributed by atoms with E-state index < -0.39 is 5.60 Å². The van der Waals surface area contributed by atoms with Crippen LogP contribution in [0.25, 0.3) is 11.5 Å². The maximum Gasteiger partial charge on any atom is 0.247 e. The molecular weight excluding hydrogens is 398 g/mol. The Kier molecular flexibility index (Phi) is 4.21. The zero-order valence-electron chi connectivity index (χ0n) is 16.9. The molecule has 3 aliphatic heterocycles. The third kappa shape index (κ3) is 3.33. The van der Waals surface area contributed by atoms with E-state index in [-0.39, 0.29) is 12.6 Å². The Hall–Kier alpha value is -3.39. The van der Waals surface area contributed by atoms with Crippen molar-refractivity contribution in [2.24, 2.45) is 0 Å². The van der Waals surface area contributed by atoms with Gasteiger partial charge < -0.3 is 18.6 Å². The van der Waals surface area contributed by atoms with Gasteiger partial charge in [0.2, 0.25) is 18.6 Å². The van der Waals surface area contributed by atoms with Crippen molar-refractivity contribution in [1.82, 2.24) is 15.1 Å². The van der Waals surface area contributed by atoms with Crippen molar-refractivity contribution in [2.75, 3.05) is 19.9 Å². The highest BCUT2D eigenvalue weighted by Gasteiger charge is 2.42. The van der Waals surface area contributed by atoms with Gasteiger partial charge in [-0.25, -0.2) is 0 Å². The van der Waals surface area contributed by atoms with E-state index in [0.29, 0.717) is 41.8 Å². The third-order valence-electron chi connectivity index (χ3n) is 6.21. The molecule has 0 amide bonds. The molecule has 0 N–H and O–H groups in total. The van der Waals surface area contributed by atoms with Crippen molar-refractivity contribution >= 4 is 5.78 Å². The number of carbonyl (C=O) groups excluding carboxylic acids is 1. The lowest BCUT2D eigenvalue weighted by molar-refractivity contribution is -0.0122. The van der Waals surface area contributed by atoms with E-state index in [2.05, 4.69) is 15.1 Å². The van der Waals surface area contributed by atoms with Crippen molar-refractivity contribution in [3.8, 4) is 28.7 Å². The minimum Gasteiger partial charge on any atom is -0.486 e. The molecule has 8 nitrogen and oxygen atoms in total. The Morgan fingerprint density at radius 1 is 0.968 bits per heavy atom. The summed E-state index contributed by atoms with van der Waals surface area (Å²) in [6, 6.07) is 13.1. The maximum atomic E-state index is 12.6. The van der Waals surface area contributed by atoms with Crippen molar-refractivity contribution < 1.29 is 23.4 Å². The first-order valence-electron chi connectivity index (χ1n) is 10.4. The monoisotopic (exact) mass is 419 g/mol. The first-order chi connectivity index (χ1) is 15.2. The summed E-state index contributed by atoms with van der Waals surface area (Å²) >= 11 is 0. The van der Waals surface area contributed by atoms with Gasteiger partial charge in [0.1, 0.15) is 11.4 Å². The van der Waals surface area contributed by atoms with E-state index in [1.54, 1.807) is 0 Å². The highest BCUT2D eigenvalue weighted by molar-refractivity contribution is 6.00. The number of hydrogen-bond acceptors (Lipinski definition) is 8. The quantitative estimate of drug-likeness (QED) is 0.638. The Bertz CT molecular complexity index is 1150. The number of benzene rings is 2. The molecule has 0 saturated carbocycles. The highest BCUT2D eigenvalue weighted by Crippen LogP contribution is 2.39. The van der Waals surface area contributed by atoms with Gasteiger partial charge in [0.15, 0.2) is 17.3 Å². The molecule has 0 atom stereocenters. The molecule has 3 aromatic rings. The summed E-state index contributed by atoms with van der Waals surface area (Å²) in [5, 5.41) is 8.40. The van der Waals surface area contributed by atoms with Crippen LogP contribution in [-0.4, -0.2) is 46.4 Å². The van der Waals surface area contributed by atoms with Gasteiger partial charge in [-0.1, -0.05) is 12.1 Å². The van der Waals surface area contributed by atoms with Crippen LogP contribution in [-0.2, 0) is 6.54 Å². The third-order valence-corrected chi connectivity index (χ3v) is 6.21. The van der Waals surface area contributed by atoms with Gasteiger partial charge in [0.05, 0.1) is 18.5 Å². The topological polar surface area (TPSA) is 86.9 Å². The largest absolute Gasteiger partial charge is 0.486 e. The lowest BCUT2D eigenvalue weighted by atomic mass is 9.82. The number of hydrogen-bond donors (Lipinski definition) is 0. The SMILES string of the molecule is O=C1CC2(CCN(Cc3nnc(-c4ccc5c(c4)OCO5)o3)CC2)Oc2ccccc21. The Labute approximate surface area is 178 Å². The molecule has 1 fully saturated rings. The minimum atomic E-state index is -0.408. The molecule has 3 aliphatic rings. The van der Waals surface area contributed by atoms with E-state index in [9.17, 15) is 4.79 Å². The van der Waals surface area contributed by atoms with Crippen LogP contribution in [0.1, 0.15) is 35.5 Å². The molecule has 0 aliphatic carbocycles. The van der Waals surface area contributed by atoms with Crippen molar-refractivity contribution in [1.29, 1.82) is 0 Å². The summed E-state index contributed by atoms with van der Waals surface area (Å²) in [6.45, 7) is 2.40. The zero-order valence-corrected chi connectivity index (χ0v) is 16.9. The number of rotatable bonds is 3. The van der Waals surface area contributed by atoms with E-state index in [0.717, 1.165) is 37.2 Å². The lowest BCUT2D eigenvalue weighted by Gasteiger charge is -2.43. The smallest absolute Gasteiger partial charge is 0.247 e. The summed E-state index contributed by atoms with van der Waals surface area (Å²) in [6.07, 6.45) is 2.01. The van der Waals surface area contributed by atoms with Gasteiger partial charge in [-0.05, 0) is 30.3 Å². The maximum absolute atomic E-state index is 12.6. The number of aromatic nitrogens is 2. The van der Waals surface area contributed by atoms with E-state index >= 15 is 0 Å². The number of ether oxygens (including phenoxy) is 3. The van der Waals surface area contributed by atoms with Gasteiger partial charge in [-0.2, -0.15) is 0 Å². The molecular formula is C23H21N3O5. The standard InChI is InChI=1S/C23H21N3O5/c27-17-12-23(31-18-4-2-1-3-16(17)18)7-9-26(10-8-23)13-21-24-25-22(30-21)15-5-6-19-20(11-15)29-14-28-19/h1-6,11H,7-10,12-14H2. The first kappa shape index (κ1) is 18.4. The molecule has 6 rings (SSSR count). The van der Waals surface area contributed by atoms with E-state index in [4.69, 9.17) is 18.6 Å². The van der Waals surface area contributed by atoms with Crippen molar-refractivity contribution in [2.45, 2.75) is 31.4 Å². The lowest BCUT2D eigenvalue weighted by Crippen LogP contribution is -2.50. The Balaban J connectivity index is 1.11. The van der Waals surface area contributed by atoms with E-state index in [1.165, 1.54) is 0 Å².